The number of hydrogen-bond acceptors (Lipinski definition) is 3. The molecule has 0 aromatic rings. The van der Waals surface area contributed by atoms with Gasteiger partial charge in [0.1, 0.15) is 0 Å². The maximum atomic E-state index is 8.18. The van der Waals surface area contributed by atoms with Crippen molar-refractivity contribution in [2.75, 3.05) is 38.2 Å². The first kappa shape index (κ1) is 19.6. The molecule has 3 heteroatoms. The highest BCUT2D eigenvalue weighted by molar-refractivity contribution is 7.98. The fraction of sp³-hybridized carbons (Fsp3) is 1.00. The Labute approximate surface area is 113 Å². The Morgan fingerprint density at radius 2 is 1.65 bits per heavy atom. The molecule has 0 heterocycles. The number of unbranched alkanes of at least 4 members (excludes halogenated alkanes) is 2. The summed E-state index contributed by atoms with van der Waals surface area (Å²) in [6, 6.07) is 0. The molecule has 0 fully saturated rings. The van der Waals surface area contributed by atoms with Crippen LogP contribution in [0, 0.1) is 0 Å². The summed E-state index contributed by atoms with van der Waals surface area (Å²) in [4.78, 5) is 2.54. The summed E-state index contributed by atoms with van der Waals surface area (Å²) < 4.78 is 0. The molecule has 0 spiro atoms. The largest absolute Gasteiger partial charge is 0.396 e. The third-order valence-corrected chi connectivity index (χ3v) is 3.27. The minimum absolute atomic E-state index is 0.334. The number of aliphatic hydroxyl groups is 1. The van der Waals surface area contributed by atoms with Crippen molar-refractivity contribution in [3.8, 4) is 0 Å². The molecule has 0 aliphatic rings. The van der Waals surface area contributed by atoms with Gasteiger partial charge in [-0.15, -0.1) is 0 Å². The molecule has 106 valence electrons. The van der Waals surface area contributed by atoms with Crippen molar-refractivity contribution in [3.63, 3.8) is 0 Å². The van der Waals surface area contributed by atoms with E-state index in [9.17, 15) is 0 Å². The highest BCUT2D eigenvalue weighted by Crippen LogP contribution is 1.98. The summed E-state index contributed by atoms with van der Waals surface area (Å²) in [5, 5.41) is 8.18. The smallest absolute Gasteiger partial charge is 0.0438 e. The lowest BCUT2D eigenvalue weighted by atomic mass is 10.2. The average Bonchev–Trinajstić information content (AvgIpc) is 2.36. The first-order valence-electron chi connectivity index (χ1n) is 7.08. The summed E-state index contributed by atoms with van der Waals surface area (Å²) in [5.74, 6) is 1.08. The molecule has 0 radical (unpaired) electrons. The summed E-state index contributed by atoms with van der Waals surface area (Å²) >= 11 is 1.77. The monoisotopic (exact) mass is 263 g/mol. The number of thioether (sulfide) groups is 1. The number of rotatable bonds is 10. The molecule has 0 aliphatic carbocycles. The quantitative estimate of drug-likeness (QED) is 0.609. The standard InChI is InChI=1S/C10H23N.C4H10OS/c1-4-7-8-10-11(6-3)9-5-2;1-6-4-2-3-5/h4-10H2,1-3H3;5H,2-4H2,1H3. The second kappa shape index (κ2) is 18.6. The second-order valence-corrected chi connectivity index (χ2v) is 5.20. The summed E-state index contributed by atoms with van der Waals surface area (Å²) in [5.41, 5.74) is 0. The molecular weight excluding hydrogens is 230 g/mol. The Hall–Kier alpha value is 0.270. The molecule has 0 unspecified atom stereocenters. The molecule has 0 atom stereocenters. The normalized spacial score (nSPS) is 10.2. The van der Waals surface area contributed by atoms with Crippen LogP contribution in [0.5, 0.6) is 0 Å². The summed E-state index contributed by atoms with van der Waals surface area (Å²) in [6.45, 7) is 10.9. The van der Waals surface area contributed by atoms with Crippen LogP contribution < -0.4 is 0 Å². The summed E-state index contributed by atoms with van der Waals surface area (Å²) in [7, 11) is 0. The second-order valence-electron chi connectivity index (χ2n) is 4.21. The van der Waals surface area contributed by atoms with E-state index in [0.717, 1.165) is 12.2 Å². The van der Waals surface area contributed by atoms with Crippen LogP contribution in [0.4, 0.5) is 0 Å². The number of hydrogen-bond donors (Lipinski definition) is 1. The Balaban J connectivity index is 0. The van der Waals surface area contributed by atoms with Crippen LogP contribution in [0.25, 0.3) is 0 Å². The fourth-order valence-electron chi connectivity index (χ4n) is 1.54. The van der Waals surface area contributed by atoms with Gasteiger partial charge in [-0.1, -0.05) is 33.6 Å². The molecule has 0 aromatic carbocycles. The van der Waals surface area contributed by atoms with E-state index in [-0.39, 0.29) is 0 Å². The zero-order chi connectivity index (χ0) is 13.4. The SMILES string of the molecule is CCCCCN(CC)CCC.CSCCCO. The minimum atomic E-state index is 0.334. The van der Waals surface area contributed by atoms with Crippen LogP contribution >= 0.6 is 11.8 Å². The van der Waals surface area contributed by atoms with Crippen LogP contribution in [0.3, 0.4) is 0 Å². The van der Waals surface area contributed by atoms with Crippen molar-refractivity contribution in [2.45, 2.75) is 52.9 Å². The van der Waals surface area contributed by atoms with E-state index in [1.165, 1.54) is 45.3 Å². The molecule has 17 heavy (non-hydrogen) atoms. The van der Waals surface area contributed by atoms with Gasteiger partial charge < -0.3 is 10.0 Å². The summed E-state index contributed by atoms with van der Waals surface area (Å²) in [6.07, 6.45) is 8.37. The highest BCUT2D eigenvalue weighted by atomic mass is 32.2. The predicted octanol–water partition coefficient (Wildman–Crippen LogP) is 3.64. The number of aliphatic hydroxyl groups excluding tert-OH is 1. The minimum Gasteiger partial charge on any atom is -0.396 e. The van der Waals surface area contributed by atoms with Gasteiger partial charge in [0, 0.05) is 6.61 Å². The first-order chi connectivity index (χ1) is 8.26. The third kappa shape index (κ3) is 18.8. The van der Waals surface area contributed by atoms with Crippen LogP contribution in [0.2, 0.25) is 0 Å². The molecule has 0 aliphatic heterocycles. The molecule has 0 amide bonds. The molecule has 1 N–H and O–H groups in total. The molecule has 0 saturated carbocycles. The first-order valence-corrected chi connectivity index (χ1v) is 8.48. The molecule has 0 bridgehead atoms. The fourth-order valence-corrected chi connectivity index (χ4v) is 1.96. The van der Waals surface area contributed by atoms with E-state index in [0.29, 0.717) is 6.61 Å². The van der Waals surface area contributed by atoms with Gasteiger partial charge in [-0.2, -0.15) is 11.8 Å². The Kier molecular flexibility index (Phi) is 21.5. The molecule has 0 aromatic heterocycles. The van der Waals surface area contributed by atoms with Gasteiger partial charge in [0.2, 0.25) is 0 Å². The Bertz CT molecular complexity index is 119. The van der Waals surface area contributed by atoms with E-state index in [4.69, 9.17) is 5.11 Å². The third-order valence-electron chi connectivity index (χ3n) is 2.57. The zero-order valence-corrected chi connectivity index (χ0v) is 13.2. The van der Waals surface area contributed by atoms with E-state index < -0.39 is 0 Å². The molecule has 0 rings (SSSR count). The van der Waals surface area contributed by atoms with Crippen LogP contribution in [0.15, 0.2) is 0 Å². The molecule has 0 saturated heterocycles. The van der Waals surface area contributed by atoms with Crippen LogP contribution in [0.1, 0.15) is 52.9 Å². The average molecular weight is 263 g/mol. The maximum absolute atomic E-state index is 8.18. The van der Waals surface area contributed by atoms with E-state index in [1.807, 2.05) is 6.26 Å². The van der Waals surface area contributed by atoms with Crippen LogP contribution in [-0.4, -0.2) is 48.3 Å². The van der Waals surface area contributed by atoms with Gasteiger partial charge in [-0.3, -0.25) is 0 Å². The maximum Gasteiger partial charge on any atom is 0.0438 e. The van der Waals surface area contributed by atoms with Crippen molar-refractivity contribution in [1.29, 1.82) is 0 Å². The Morgan fingerprint density at radius 1 is 0.941 bits per heavy atom. The highest BCUT2D eigenvalue weighted by Gasteiger charge is 1.98. The van der Waals surface area contributed by atoms with Crippen molar-refractivity contribution >= 4 is 11.8 Å². The van der Waals surface area contributed by atoms with Gasteiger partial charge >= 0.3 is 0 Å². The van der Waals surface area contributed by atoms with E-state index in [1.54, 1.807) is 11.8 Å². The van der Waals surface area contributed by atoms with Gasteiger partial charge in [-0.05, 0) is 50.9 Å². The van der Waals surface area contributed by atoms with Crippen molar-refractivity contribution < 1.29 is 5.11 Å². The van der Waals surface area contributed by atoms with Gasteiger partial charge in [0.25, 0.3) is 0 Å². The lowest BCUT2D eigenvalue weighted by Gasteiger charge is -2.18. The van der Waals surface area contributed by atoms with Crippen molar-refractivity contribution in [1.82, 2.24) is 4.90 Å². The predicted molar refractivity (Wildman–Crippen MR) is 82.0 cm³/mol. The topological polar surface area (TPSA) is 23.5 Å². The van der Waals surface area contributed by atoms with E-state index >= 15 is 0 Å². The van der Waals surface area contributed by atoms with Crippen LogP contribution in [-0.2, 0) is 0 Å². The lowest BCUT2D eigenvalue weighted by molar-refractivity contribution is 0.282. The van der Waals surface area contributed by atoms with Gasteiger partial charge in [0.05, 0.1) is 0 Å². The molecular formula is C14H33NOS. The number of nitrogens with zero attached hydrogens (tertiary/aromatic N) is 1. The lowest BCUT2D eigenvalue weighted by Crippen LogP contribution is -2.25. The van der Waals surface area contributed by atoms with E-state index in [2.05, 4.69) is 25.7 Å². The van der Waals surface area contributed by atoms with Crippen molar-refractivity contribution in [2.24, 2.45) is 0 Å². The van der Waals surface area contributed by atoms with Gasteiger partial charge in [0.15, 0.2) is 0 Å². The molecule has 2 nitrogen and oxygen atoms in total. The zero-order valence-electron chi connectivity index (χ0n) is 12.4. The Morgan fingerprint density at radius 3 is 2.00 bits per heavy atom. The van der Waals surface area contributed by atoms with Gasteiger partial charge in [-0.25, -0.2) is 0 Å². The van der Waals surface area contributed by atoms with Crippen molar-refractivity contribution in [3.05, 3.63) is 0 Å².